The summed E-state index contributed by atoms with van der Waals surface area (Å²) in [6.07, 6.45) is 0.945. The minimum atomic E-state index is -0.474. The zero-order valence-electron chi connectivity index (χ0n) is 9.11. The standard InChI is InChI=1S/C10H14N2O3/c1-4-15-10(14)9-8(5-6-13)7(2)12(3)11-9/h6H,4-5H2,1-3H3. The van der Waals surface area contributed by atoms with Crippen molar-refractivity contribution < 1.29 is 14.3 Å². The Labute approximate surface area is 88.0 Å². The highest BCUT2D eigenvalue weighted by atomic mass is 16.5. The monoisotopic (exact) mass is 210 g/mol. The van der Waals surface area contributed by atoms with Gasteiger partial charge in [0.25, 0.3) is 0 Å². The van der Waals surface area contributed by atoms with Gasteiger partial charge in [-0.2, -0.15) is 5.10 Å². The Balaban J connectivity index is 3.10. The topological polar surface area (TPSA) is 61.2 Å². The van der Waals surface area contributed by atoms with E-state index in [0.717, 1.165) is 12.0 Å². The lowest BCUT2D eigenvalue weighted by Gasteiger charge is -1.99. The average Bonchev–Trinajstić information content (AvgIpc) is 2.47. The normalized spacial score (nSPS) is 10.1. The molecular formula is C10H14N2O3. The molecule has 0 aliphatic rings. The number of nitrogens with zero attached hydrogens (tertiary/aromatic N) is 2. The van der Waals surface area contributed by atoms with Crippen LogP contribution in [0.25, 0.3) is 0 Å². The van der Waals surface area contributed by atoms with Crippen molar-refractivity contribution >= 4 is 12.3 Å². The highest BCUT2D eigenvalue weighted by Crippen LogP contribution is 2.13. The number of carbonyl (C=O) groups excluding carboxylic acids is 2. The molecule has 1 rings (SSSR count). The van der Waals surface area contributed by atoms with Crippen molar-refractivity contribution in [3.05, 3.63) is 17.0 Å². The highest BCUT2D eigenvalue weighted by molar-refractivity contribution is 5.90. The molecule has 0 spiro atoms. The first-order valence-corrected chi connectivity index (χ1v) is 4.75. The van der Waals surface area contributed by atoms with Gasteiger partial charge in [0.1, 0.15) is 6.29 Å². The Morgan fingerprint density at radius 2 is 2.27 bits per heavy atom. The van der Waals surface area contributed by atoms with E-state index in [2.05, 4.69) is 5.10 Å². The van der Waals surface area contributed by atoms with E-state index in [0.29, 0.717) is 12.2 Å². The van der Waals surface area contributed by atoms with E-state index in [9.17, 15) is 9.59 Å². The van der Waals surface area contributed by atoms with Crippen LogP contribution in [0.15, 0.2) is 0 Å². The number of ether oxygens (including phenoxy) is 1. The predicted molar refractivity (Wildman–Crippen MR) is 53.7 cm³/mol. The van der Waals surface area contributed by atoms with Gasteiger partial charge in [0, 0.05) is 24.7 Å². The summed E-state index contributed by atoms with van der Waals surface area (Å²) in [5.74, 6) is -0.474. The molecule has 15 heavy (non-hydrogen) atoms. The van der Waals surface area contributed by atoms with Crippen LogP contribution >= 0.6 is 0 Å². The summed E-state index contributed by atoms with van der Waals surface area (Å²) in [5.41, 5.74) is 1.69. The van der Waals surface area contributed by atoms with Crippen LogP contribution in [0.5, 0.6) is 0 Å². The molecule has 0 saturated carbocycles. The third kappa shape index (κ3) is 2.23. The van der Waals surface area contributed by atoms with Crippen LogP contribution < -0.4 is 0 Å². The van der Waals surface area contributed by atoms with Crippen LogP contribution in [0.3, 0.4) is 0 Å². The first-order valence-electron chi connectivity index (χ1n) is 4.75. The summed E-state index contributed by atoms with van der Waals surface area (Å²) in [5, 5.41) is 4.03. The molecule has 0 radical (unpaired) electrons. The van der Waals surface area contributed by atoms with Crippen molar-refractivity contribution in [2.75, 3.05) is 6.61 Å². The molecule has 0 fully saturated rings. The molecule has 0 aliphatic heterocycles. The summed E-state index contributed by atoms with van der Waals surface area (Å²) < 4.78 is 6.43. The summed E-state index contributed by atoms with van der Waals surface area (Å²) in [7, 11) is 1.73. The van der Waals surface area contributed by atoms with Gasteiger partial charge in [-0.15, -0.1) is 0 Å². The maximum Gasteiger partial charge on any atom is 0.359 e. The summed E-state index contributed by atoms with van der Waals surface area (Å²) >= 11 is 0. The Hall–Kier alpha value is -1.65. The first kappa shape index (κ1) is 11.4. The lowest BCUT2D eigenvalue weighted by atomic mass is 10.1. The fourth-order valence-corrected chi connectivity index (χ4v) is 1.34. The number of rotatable bonds is 4. The molecule has 82 valence electrons. The number of esters is 1. The molecule has 1 aromatic heterocycles. The van der Waals surface area contributed by atoms with Crippen molar-refractivity contribution in [2.45, 2.75) is 20.3 Å². The maximum atomic E-state index is 11.5. The minimum absolute atomic E-state index is 0.188. The van der Waals surface area contributed by atoms with Crippen LogP contribution in [-0.2, 0) is 23.0 Å². The highest BCUT2D eigenvalue weighted by Gasteiger charge is 2.19. The maximum absolute atomic E-state index is 11.5. The summed E-state index contributed by atoms with van der Waals surface area (Å²) in [6, 6.07) is 0. The lowest BCUT2D eigenvalue weighted by Crippen LogP contribution is -2.08. The van der Waals surface area contributed by atoms with E-state index in [1.807, 2.05) is 6.92 Å². The summed E-state index contributed by atoms with van der Waals surface area (Å²) in [4.78, 5) is 22.0. The fourth-order valence-electron chi connectivity index (χ4n) is 1.34. The zero-order chi connectivity index (χ0) is 11.4. The first-order chi connectivity index (χ1) is 7.11. The Bertz CT molecular complexity index is 382. The van der Waals surface area contributed by atoms with Gasteiger partial charge in [-0.05, 0) is 13.8 Å². The molecule has 0 atom stereocenters. The Kier molecular flexibility index (Phi) is 3.60. The number of aldehydes is 1. The van der Waals surface area contributed by atoms with E-state index < -0.39 is 5.97 Å². The minimum Gasteiger partial charge on any atom is -0.461 e. The quantitative estimate of drug-likeness (QED) is 0.540. The smallest absolute Gasteiger partial charge is 0.359 e. The molecule has 1 aromatic rings. The van der Waals surface area contributed by atoms with Crippen molar-refractivity contribution in [1.29, 1.82) is 0 Å². The van der Waals surface area contributed by atoms with Gasteiger partial charge in [0.05, 0.1) is 6.61 Å². The van der Waals surface area contributed by atoms with Crippen molar-refractivity contribution in [1.82, 2.24) is 9.78 Å². The van der Waals surface area contributed by atoms with Gasteiger partial charge in [-0.25, -0.2) is 4.79 Å². The van der Waals surface area contributed by atoms with Gasteiger partial charge in [-0.3, -0.25) is 4.68 Å². The van der Waals surface area contributed by atoms with E-state index >= 15 is 0 Å². The predicted octanol–water partition coefficient (Wildman–Crippen LogP) is 0.647. The number of aryl methyl sites for hydroxylation is 1. The van der Waals surface area contributed by atoms with Crippen molar-refractivity contribution in [3.8, 4) is 0 Å². The number of hydrogen-bond donors (Lipinski definition) is 0. The fraction of sp³-hybridized carbons (Fsp3) is 0.500. The largest absolute Gasteiger partial charge is 0.461 e. The molecule has 5 heteroatoms. The molecule has 5 nitrogen and oxygen atoms in total. The molecule has 0 saturated heterocycles. The second-order valence-electron chi connectivity index (χ2n) is 3.13. The van der Waals surface area contributed by atoms with Gasteiger partial charge in [0.15, 0.2) is 5.69 Å². The molecule has 0 aromatic carbocycles. The van der Waals surface area contributed by atoms with Crippen LogP contribution in [0, 0.1) is 6.92 Å². The third-order valence-electron chi connectivity index (χ3n) is 2.21. The van der Waals surface area contributed by atoms with E-state index in [-0.39, 0.29) is 12.1 Å². The van der Waals surface area contributed by atoms with Gasteiger partial charge in [-0.1, -0.05) is 0 Å². The van der Waals surface area contributed by atoms with E-state index in [1.165, 1.54) is 0 Å². The van der Waals surface area contributed by atoms with Crippen molar-refractivity contribution in [2.24, 2.45) is 7.05 Å². The Morgan fingerprint density at radius 1 is 1.60 bits per heavy atom. The van der Waals surface area contributed by atoms with Crippen LogP contribution in [0.2, 0.25) is 0 Å². The molecular weight excluding hydrogens is 196 g/mol. The van der Waals surface area contributed by atoms with E-state index in [1.54, 1.807) is 18.7 Å². The SMILES string of the molecule is CCOC(=O)c1nn(C)c(C)c1CC=O. The summed E-state index contributed by atoms with van der Waals surface area (Å²) in [6.45, 7) is 3.84. The van der Waals surface area contributed by atoms with Crippen LogP contribution in [0.1, 0.15) is 28.7 Å². The van der Waals surface area contributed by atoms with Crippen LogP contribution in [-0.4, -0.2) is 28.6 Å². The average molecular weight is 210 g/mol. The third-order valence-corrected chi connectivity index (χ3v) is 2.21. The molecule has 0 aliphatic carbocycles. The molecule has 1 heterocycles. The van der Waals surface area contributed by atoms with Crippen molar-refractivity contribution in [3.63, 3.8) is 0 Å². The second kappa shape index (κ2) is 4.72. The number of carbonyl (C=O) groups is 2. The number of aromatic nitrogens is 2. The van der Waals surface area contributed by atoms with Gasteiger partial charge < -0.3 is 9.53 Å². The van der Waals surface area contributed by atoms with Crippen LogP contribution in [0.4, 0.5) is 0 Å². The van der Waals surface area contributed by atoms with E-state index in [4.69, 9.17) is 4.74 Å². The Morgan fingerprint density at radius 3 is 2.80 bits per heavy atom. The second-order valence-corrected chi connectivity index (χ2v) is 3.13. The van der Waals surface area contributed by atoms with Gasteiger partial charge >= 0.3 is 5.97 Å². The zero-order valence-corrected chi connectivity index (χ0v) is 9.11. The lowest BCUT2D eigenvalue weighted by molar-refractivity contribution is -0.107. The molecule has 0 amide bonds. The molecule has 0 bridgehead atoms. The molecule has 0 N–H and O–H groups in total. The van der Waals surface area contributed by atoms with Gasteiger partial charge in [0.2, 0.25) is 0 Å². The number of hydrogen-bond acceptors (Lipinski definition) is 4. The molecule has 0 unspecified atom stereocenters.